The van der Waals surface area contributed by atoms with Gasteiger partial charge in [0, 0.05) is 17.8 Å². The molecule has 1 amide bonds. The molecule has 0 saturated carbocycles. The number of hydrogen-bond donors (Lipinski definition) is 0. The van der Waals surface area contributed by atoms with Crippen molar-refractivity contribution in [3.05, 3.63) is 28.5 Å². The van der Waals surface area contributed by atoms with Crippen LogP contribution in [0.15, 0.2) is 12.1 Å². The zero-order valence-corrected chi connectivity index (χ0v) is 11.6. The van der Waals surface area contributed by atoms with Gasteiger partial charge >= 0.3 is 0 Å². The van der Waals surface area contributed by atoms with Gasteiger partial charge in [-0.1, -0.05) is 11.6 Å². The fourth-order valence-electron chi connectivity index (χ4n) is 2.14. The van der Waals surface area contributed by atoms with E-state index < -0.39 is 0 Å². The summed E-state index contributed by atoms with van der Waals surface area (Å²) >= 11 is 5.90. The fourth-order valence-corrected chi connectivity index (χ4v) is 2.39. The third-order valence-electron chi connectivity index (χ3n) is 3.06. The minimum atomic E-state index is -0.293. The molecule has 5 heteroatoms. The number of carbonyl (C=O) groups is 1. The van der Waals surface area contributed by atoms with Crippen LogP contribution in [0.5, 0.6) is 0 Å². The van der Waals surface area contributed by atoms with E-state index in [9.17, 15) is 4.79 Å². The molecule has 1 saturated heterocycles. The Morgan fingerprint density at radius 3 is 2.83 bits per heavy atom. The number of morpholine rings is 1. The first kappa shape index (κ1) is 13.3. The molecular formula is C13H17ClN2O2. The van der Waals surface area contributed by atoms with E-state index in [-0.39, 0.29) is 11.4 Å². The van der Waals surface area contributed by atoms with E-state index in [1.807, 2.05) is 25.7 Å². The number of aromatic nitrogens is 1. The van der Waals surface area contributed by atoms with E-state index >= 15 is 0 Å². The minimum absolute atomic E-state index is 0.0179. The molecule has 0 aromatic carbocycles. The highest BCUT2D eigenvalue weighted by Gasteiger charge is 2.34. The van der Waals surface area contributed by atoms with Crippen LogP contribution in [0.3, 0.4) is 0 Å². The van der Waals surface area contributed by atoms with Crippen molar-refractivity contribution in [1.82, 2.24) is 9.88 Å². The topological polar surface area (TPSA) is 42.4 Å². The molecule has 1 fully saturated rings. The van der Waals surface area contributed by atoms with Gasteiger partial charge in [-0.25, -0.2) is 4.98 Å². The van der Waals surface area contributed by atoms with Crippen molar-refractivity contribution in [3.63, 3.8) is 0 Å². The molecular weight excluding hydrogens is 252 g/mol. The van der Waals surface area contributed by atoms with Crippen LogP contribution < -0.4 is 0 Å². The Hall–Kier alpha value is -1.13. The standard InChI is InChI=1S/C13H17ClN2O2/c1-9-6-10(7-11(14)15-9)12(17)16-4-5-18-8-13(16,2)3/h6-7H,4-5,8H2,1-3H3. The van der Waals surface area contributed by atoms with Gasteiger partial charge in [-0.3, -0.25) is 4.79 Å². The Morgan fingerprint density at radius 1 is 1.50 bits per heavy atom. The van der Waals surface area contributed by atoms with Crippen molar-refractivity contribution < 1.29 is 9.53 Å². The van der Waals surface area contributed by atoms with Gasteiger partial charge in [0.05, 0.1) is 18.8 Å². The van der Waals surface area contributed by atoms with E-state index in [1.54, 1.807) is 12.1 Å². The van der Waals surface area contributed by atoms with Gasteiger partial charge in [-0.05, 0) is 32.9 Å². The number of amides is 1. The van der Waals surface area contributed by atoms with Crippen molar-refractivity contribution in [1.29, 1.82) is 0 Å². The third-order valence-corrected chi connectivity index (χ3v) is 3.25. The molecule has 1 aromatic heterocycles. The Labute approximate surface area is 112 Å². The van der Waals surface area contributed by atoms with Crippen molar-refractivity contribution in [2.24, 2.45) is 0 Å². The molecule has 4 nitrogen and oxygen atoms in total. The van der Waals surface area contributed by atoms with Crippen molar-refractivity contribution in [2.45, 2.75) is 26.3 Å². The van der Waals surface area contributed by atoms with Crippen LogP contribution in [0.2, 0.25) is 5.15 Å². The van der Waals surface area contributed by atoms with Crippen LogP contribution >= 0.6 is 11.6 Å². The van der Waals surface area contributed by atoms with Crippen molar-refractivity contribution >= 4 is 17.5 Å². The first-order valence-electron chi connectivity index (χ1n) is 5.94. The van der Waals surface area contributed by atoms with E-state index in [0.717, 1.165) is 5.69 Å². The number of pyridine rings is 1. The molecule has 2 heterocycles. The van der Waals surface area contributed by atoms with Crippen LogP contribution in [-0.2, 0) is 4.74 Å². The third kappa shape index (κ3) is 2.65. The largest absolute Gasteiger partial charge is 0.377 e. The number of halogens is 1. The number of carbonyl (C=O) groups excluding carboxylic acids is 1. The maximum Gasteiger partial charge on any atom is 0.254 e. The summed E-state index contributed by atoms with van der Waals surface area (Å²) in [5, 5.41) is 0.351. The minimum Gasteiger partial charge on any atom is -0.377 e. The van der Waals surface area contributed by atoms with Crippen molar-refractivity contribution in [2.75, 3.05) is 19.8 Å². The summed E-state index contributed by atoms with van der Waals surface area (Å²) in [4.78, 5) is 18.4. The Morgan fingerprint density at radius 2 is 2.22 bits per heavy atom. The van der Waals surface area contributed by atoms with Gasteiger partial charge < -0.3 is 9.64 Å². The molecule has 0 aliphatic carbocycles. The zero-order chi connectivity index (χ0) is 13.3. The Bertz CT molecular complexity index is 454. The molecule has 0 atom stereocenters. The maximum atomic E-state index is 12.5. The molecule has 0 bridgehead atoms. The van der Waals surface area contributed by atoms with Crippen LogP contribution in [-0.4, -0.2) is 41.1 Å². The molecule has 0 N–H and O–H groups in total. The maximum absolute atomic E-state index is 12.5. The Kier molecular flexibility index (Phi) is 3.59. The highest BCUT2D eigenvalue weighted by Crippen LogP contribution is 2.22. The summed E-state index contributed by atoms with van der Waals surface area (Å²) in [7, 11) is 0. The second-order valence-electron chi connectivity index (χ2n) is 5.14. The van der Waals surface area contributed by atoms with Gasteiger partial charge in [0.2, 0.25) is 0 Å². The number of nitrogens with zero attached hydrogens (tertiary/aromatic N) is 2. The van der Waals surface area contributed by atoms with E-state index in [4.69, 9.17) is 16.3 Å². The molecule has 18 heavy (non-hydrogen) atoms. The smallest absolute Gasteiger partial charge is 0.254 e. The predicted molar refractivity (Wildman–Crippen MR) is 69.9 cm³/mol. The summed E-state index contributed by atoms with van der Waals surface area (Å²) in [6.07, 6.45) is 0. The molecule has 1 aliphatic heterocycles. The van der Waals surface area contributed by atoms with Crippen molar-refractivity contribution in [3.8, 4) is 0 Å². The molecule has 2 rings (SSSR count). The SMILES string of the molecule is Cc1cc(C(=O)N2CCOCC2(C)C)cc(Cl)n1. The van der Waals surface area contributed by atoms with Gasteiger partial charge in [0.25, 0.3) is 5.91 Å². The van der Waals surface area contributed by atoms with E-state index in [2.05, 4.69) is 4.98 Å². The van der Waals surface area contributed by atoms with Gasteiger partial charge in [-0.2, -0.15) is 0 Å². The summed E-state index contributed by atoms with van der Waals surface area (Å²) in [5.41, 5.74) is 1.04. The van der Waals surface area contributed by atoms with Crippen LogP contribution in [0.25, 0.3) is 0 Å². The van der Waals surface area contributed by atoms with E-state index in [1.165, 1.54) is 0 Å². The lowest BCUT2D eigenvalue weighted by Gasteiger charge is -2.42. The highest BCUT2D eigenvalue weighted by atomic mass is 35.5. The summed E-state index contributed by atoms with van der Waals surface area (Å²) in [6, 6.07) is 3.38. The monoisotopic (exact) mass is 268 g/mol. The highest BCUT2D eigenvalue weighted by molar-refractivity contribution is 6.29. The zero-order valence-electron chi connectivity index (χ0n) is 10.9. The summed E-state index contributed by atoms with van der Waals surface area (Å²) in [6.45, 7) is 7.56. The summed E-state index contributed by atoms with van der Waals surface area (Å²) < 4.78 is 5.42. The molecule has 1 aliphatic rings. The second-order valence-corrected chi connectivity index (χ2v) is 5.53. The molecule has 1 aromatic rings. The molecule has 0 radical (unpaired) electrons. The lowest BCUT2D eigenvalue weighted by atomic mass is 10.0. The quantitative estimate of drug-likeness (QED) is 0.734. The number of aryl methyl sites for hydroxylation is 1. The lowest BCUT2D eigenvalue weighted by Crippen LogP contribution is -2.55. The average molecular weight is 269 g/mol. The lowest BCUT2D eigenvalue weighted by molar-refractivity contribution is -0.0370. The molecule has 0 spiro atoms. The predicted octanol–water partition coefficient (Wildman–Crippen LogP) is 2.29. The molecule has 98 valence electrons. The van der Waals surface area contributed by atoms with Gasteiger partial charge in [0.1, 0.15) is 5.15 Å². The number of ether oxygens (including phenoxy) is 1. The first-order valence-corrected chi connectivity index (χ1v) is 6.32. The average Bonchev–Trinajstić information content (AvgIpc) is 2.26. The normalized spacial score (nSPS) is 18.8. The fraction of sp³-hybridized carbons (Fsp3) is 0.538. The first-order chi connectivity index (χ1) is 8.40. The van der Waals surface area contributed by atoms with Crippen LogP contribution in [0, 0.1) is 6.92 Å². The van der Waals surface area contributed by atoms with Crippen LogP contribution in [0.4, 0.5) is 0 Å². The van der Waals surface area contributed by atoms with Gasteiger partial charge in [0.15, 0.2) is 0 Å². The van der Waals surface area contributed by atoms with E-state index in [0.29, 0.717) is 30.5 Å². The Balaban J connectivity index is 2.30. The number of rotatable bonds is 1. The van der Waals surface area contributed by atoms with Gasteiger partial charge in [-0.15, -0.1) is 0 Å². The second kappa shape index (κ2) is 4.86. The number of hydrogen-bond acceptors (Lipinski definition) is 3. The summed E-state index contributed by atoms with van der Waals surface area (Å²) in [5.74, 6) is -0.0179. The van der Waals surface area contributed by atoms with Crippen LogP contribution in [0.1, 0.15) is 29.9 Å². The molecule has 0 unspecified atom stereocenters.